The predicted molar refractivity (Wildman–Crippen MR) is 119 cm³/mol. The number of benzene rings is 2. The van der Waals surface area contributed by atoms with E-state index < -0.39 is 5.97 Å². The number of rotatable bonds is 9. The van der Waals surface area contributed by atoms with E-state index in [4.69, 9.17) is 9.47 Å². The van der Waals surface area contributed by atoms with Crippen LogP contribution in [0, 0.1) is 0 Å². The number of carbonyl (C=O) groups is 2. The van der Waals surface area contributed by atoms with Gasteiger partial charge in [-0.05, 0) is 50.2 Å². The quantitative estimate of drug-likeness (QED) is 0.398. The van der Waals surface area contributed by atoms with Gasteiger partial charge in [-0.2, -0.15) is 0 Å². The van der Waals surface area contributed by atoms with E-state index in [1.54, 1.807) is 38.3 Å². The minimum Gasteiger partial charge on any atom is -0.497 e. The number of para-hydroxylation sites is 1. The van der Waals surface area contributed by atoms with Crippen molar-refractivity contribution >= 4 is 29.3 Å². The van der Waals surface area contributed by atoms with Crippen molar-refractivity contribution in [1.82, 2.24) is 14.8 Å². The fourth-order valence-corrected chi connectivity index (χ4v) is 3.73. The van der Waals surface area contributed by atoms with Gasteiger partial charge in [0.15, 0.2) is 11.0 Å². The molecule has 1 aromatic heterocycles. The van der Waals surface area contributed by atoms with Crippen molar-refractivity contribution in [3.05, 3.63) is 54.1 Å². The number of esters is 1. The molecule has 0 unspecified atom stereocenters. The van der Waals surface area contributed by atoms with E-state index in [1.807, 2.05) is 35.8 Å². The normalized spacial score (nSPS) is 10.5. The van der Waals surface area contributed by atoms with Gasteiger partial charge in [-0.15, -0.1) is 10.2 Å². The van der Waals surface area contributed by atoms with Gasteiger partial charge in [0.1, 0.15) is 5.75 Å². The zero-order chi connectivity index (χ0) is 22.2. The molecule has 1 amide bonds. The van der Waals surface area contributed by atoms with Gasteiger partial charge in [-0.1, -0.05) is 23.9 Å². The highest BCUT2D eigenvalue weighted by Crippen LogP contribution is 2.26. The molecule has 0 atom stereocenters. The second-order valence-electron chi connectivity index (χ2n) is 6.38. The van der Waals surface area contributed by atoms with Gasteiger partial charge in [-0.25, -0.2) is 4.79 Å². The average molecular weight is 441 g/mol. The van der Waals surface area contributed by atoms with Crippen LogP contribution < -0.4 is 10.1 Å². The summed E-state index contributed by atoms with van der Waals surface area (Å²) in [5.74, 6) is 0.887. The largest absolute Gasteiger partial charge is 0.497 e. The maximum Gasteiger partial charge on any atom is 0.340 e. The predicted octanol–water partition coefficient (Wildman–Crippen LogP) is 3.88. The van der Waals surface area contributed by atoms with Crippen LogP contribution in [0.3, 0.4) is 0 Å². The number of hydrogen-bond acceptors (Lipinski definition) is 7. The van der Waals surface area contributed by atoms with Gasteiger partial charge < -0.3 is 19.4 Å². The van der Waals surface area contributed by atoms with E-state index in [0.717, 1.165) is 17.1 Å². The molecule has 9 heteroatoms. The summed E-state index contributed by atoms with van der Waals surface area (Å²) >= 11 is 1.28. The van der Waals surface area contributed by atoms with Crippen LogP contribution in [-0.4, -0.2) is 46.1 Å². The molecule has 0 radical (unpaired) electrons. The summed E-state index contributed by atoms with van der Waals surface area (Å²) in [6.45, 7) is 4.65. The van der Waals surface area contributed by atoms with Crippen LogP contribution >= 0.6 is 11.8 Å². The standard InChI is InChI=1S/C22H24N4O4S/c1-4-26-20(15-10-12-16(29-3)13-11-15)24-25-22(26)31-14-19(27)23-18-9-7-6-8-17(18)21(28)30-5-2/h6-13H,4-5,14H2,1-3H3,(H,23,27). The van der Waals surface area contributed by atoms with Gasteiger partial charge in [0, 0.05) is 12.1 Å². The number of aromatic nitrogens is 3. The molecule has 1 N–H and O–H groups in total. The number of hydrogen-bond donors (Lipinski definition) is 1. The summed E-state index contributed by atoms with van der Waals surface area (Å²) in [7, 11) is 1.62. The Morgan fingerprint density at radius 3 is 2.48 bits per heavy atom. The number of anilines is 1. The van der Waals surface area contributed by atoms with Gasteiger partial charge in [0.2, 0.25) is 5.91 Å². The SMILES string of the molecule is CCOC(=O)c1ccccc1NC(=O)CSc1nnc(-c2ccc(OC)cc2)n1CC. The third-order valence-electron chi connectivity index (χ3n) is 4.41. The molecule has 8 nitrogen and oxygen atoms in total. The van der Waals surface area contributed by atoms with E-state index in [2.05, 4.69) is 15.5 Å². The Labute approximate surface area is 185 Å². The third-order valence-corrected chi connectivity index (χ3v) is 5.38. The lowest BCUT2D eigenvalue weighted by Crippen LogP contribution is -2.17. The second kappa shape index (κ2) is 10.6. The lowest BCUT2D eigenvalue weighted by Gasteiger charge is -2.10. The molecule has 0 saturated heterocycles. The number of nitrogens with one attached hydrogen (secondary N) is 1. The highest BCUT2D eigenvalue weighted by Gasteiger charge is 2.17. The zero-order valence-electron chi connectivity index (χ0n) is 17.6. The van der Waals surface area contributed by atoms with Crippen molar-refractivity contribution in [3.63, 3.8) is 0 Å². The molecular weight excluding hydrogens is 416 g/mol. The Kier molecular flexibility index (Phi) is 7.66. The maximum absolute atomic E-state index is 12.5. The summed E-state index contributed by atoms with van der Waals surface area (Å²) in [5.41, 5.74) is 1.65. The second-order valence-corrected chi connectivity index (χ2v) is 7.32. The molecule has 162 valence electrons. The smallest absolute Gasteiger partial charge is 0.340 e. The van der Waals surface area contributed by atoms with Gasteiger partial charge >= 0.3 is 5.97 Å². The highest BCUT2D eigenvalue weighted by molar-refractivity contribution is 7.99. The molecule has 3 aromatic rings. The molecule has 0 aliphatic rings. The number of thioether (sulfide) groups is 1. The van der Waals surface area contributed by atoms with Gasteiger partial charge in [0.05, 0.1) is 30.7 Å². The van der Waals surface area contributed by atoms with E-state index in [-0.39, 0.29) is 18.3 Å². The number of methoxy groups -OCH3 is 1. The summed E-state index contributed by atoms with van der Waals surface area (Å²) < 4.78 is 12.2. The third kappa shape index (κ3) is 5.43. The highest BCUT2D eigenvalue weighted by atomic mass is 32.2. The van der Waals surface area contributed by atoms with Crippen LogP contribution in [0.1, 0.15) is 24.2 Å². The van der Waals surface area contributed by atoms with E-state index >= 15 is 0 Å². The first-order chi connectivity index (χ1) is 15.1. The van der Waals surface area contributed by atoms with Crippen molar-refractivity contribution in [2.75, 3.05) is 24.8 Å². The van der Waals surface area contributed by atoms with E-state index in [0.29, 0.717) is 23.0 Å². The number of nitrogens with zero attached hydrogens (tertiary/aromatic N) is 3. The molecule has 0 aliphatic carbocycles. The molecule has 3 rings (SSSR count). The van der Waals surface area contributed by atoms with E-state index in [9.17, 15) is 9.59 Å². The van der Waals surface area contributed by atoms with Crippen LogP contribution in [0.5, 0.6) is 5.75 Å². The van der Waals surface area contributed by atoms with E-state index in [1.165, 1.54) is 11.8 Å². The van der Waals surface area contributed by atoms with Crippen LogP contribution in [0.25, 0.3) is 11.4 Å². The van der Waals surface area contributed by atoms with Crippen LogP contribution in [-0.2, 0) is 16.1 Å². The average Bonchev–Trinajstić information content (AvgIpc) is 3.21. The summed E-state index contributed by atoms with van der Waals surface area (Å²) in [6.07, 6.45) is 0. The first-order valence-corrected chi connectivity index (χ1v) is 10.8. The first-order valence-electron chi connectivity index (χ1n) is 9.83. The van der Waals surface area contributed by atoms with Crippen LogP contribution in [0.15, 0.2) is 53.7 Å². The molecule has 0 aliphatic heterocycles. The fraction of sp³-hybridized carbons (Fsp3) is 0.273. The van der Waals surface area contributed by atoms with Crippen LogP contribution in [0.4, 0.5) is 5.69 Å². The molecule has 0 spiro atoms. The van der Waals surface area contributed by atoms with Crippen LogP contribution in [0.2, 0.25) is 0 Å². The van der Waals surface area contributed by atoms with Crippen molar-refractivity contribution in [2.45, 2.75) is 25.5 Å². The molecule has 0 fully saturated rings. The fourth-order valence-electron chi connectivity index (χ4n) is 2.93. The molecule has 2 aromatic carbocycles. The molecule has 31 heavy (non-hydrogen) atoms. The maximum atomic E-state index is 12.5. The number of ether oxygens (including phenoxy) is 2. The topological polar surface area (TPSA) is 95.3 Å². The lowest BCUT2D eigenvalue weighted by molar-refractivity contribution is -0.113. The Balaban J connectivity index is 1.68. The minimum absolute atomic E-state index is 0.123. The lowest BCUT2D eigenvalue weighted by atomic mass is 10.2. The zero-order valence-corrected chi connectivity index (χ0v) is 18.4. The first kappa shape index (κ1) is 22.4. The monoisotopic (exact) mass is 440 g/mol. The minimum atomic E-state index is -0.471. The van der Waals surface area contributed by atoms with Crippen molar-refractivity contribution < 1.29 is 19.1 Å². The van der Waals surface area contributed by atoms with Crippen molar-refractivity contribution in [2.24, 2.45) is 0 Å². The Morgan fingerprint density at radius 1 is 1.06 bits per heavy atom. The Bertz CT molecular complexity index is 1050. The molecular formula is C22H24N4O4S. The summed E-state index contributed by atoms with van der Waals surface area (Å²) in [5, 5.41) is 12.0. The van der Waals surface area contributed by atoms with Gasteiger partial charge in [-0.3, -0.25) is 4.79 Å². The Hall–Kier alpha value is -3.33. The summed E-state index contributed by atoms with van der Waals surface area (Å²) in [6, 6.07) is 14.3. The van der Waals surface area contributed by atoms with Crippen molar-refractivity contribution in [3.8, 4) is 17.1 Å². The molecule has 1 heterocycles. The van der Waals surface area contributed by atoms with Crippen molar-refractivity contribution in [1.29, 1.82) is 0 Å². The summed E-state index contributed by atoms with van der Waals surface area (Å²) in [4.78, 5) is 24.6. The Morgan fingerprint density at radius 2 is 1.81 bits per heavy atom. The molecule has 0 saturated carbocycles. The van der Waals surface area contributed by atoms with Gasteiger partial charge in [0.25, 0.3) is 0 Å². The number of amides is 1. The molecule has 0 bridgehead atoms. The number of carbonyl (C=O) groups excluding carboxylic acids is 2.